The van der Waals surface area contributed by atoms with E-state index in [4.69, 9.17) is 4.74 Å². The minimum atomic E-state index is -0.419. The Bertz CT molecular complexity index is 581. The number of nitrogens with zero attached hydrogens (tertiary/aromatic N) is 2. The Morgan fingerprint density at radius 1 is 1.37 bits per heavy atom. The van der Waals surface area contributed by atoms with Gasteiger partial charge in [0.05, 0.1) is 12.1 Å². The molecule has 0 aliphatic heterocycles. The van der Waals surface area contributed by atoms with Crippen LogP contribution in [0.4, 0.5) is 0 Å². The van der Waals surface area contributed by atoms with Crippen molar-refractivity contribution in [3.05, 3.63) is 42.1 Å². The van der Waals surface area contributed by atoms with Crippen molar-refractivity contribution in [2.75, 3.05) is 20.7 Å². The Balaban J connectivity index is 2.41. The second kappa shape index (κ2) is 5.80. The summed E-state index contributed by atoms with van der Waals surface area (Å²) in [7, 11) is 3.72. The van der Waals surface area contributed by atoms with Gasteiger partial charge in [-0.05, 0) is 38.7 Å². The third kappa shape index (κ3) is 2.90. The molecule has 0 spiro atoms. The average molecular weight is 258 g/mol. The van der Waals surface area contributed by atoms with Crippen molar-refractivity contribution in [3.8, 4) is 0 Å². The number of aromatic nitrogens is 1. The molecule has 1 atom stereocenters. The highest BCUT2D eigenvalue weighted by Gasteiger charge is 2.24. The normalized spacial score (nSPS) is 12.6. The van der Waals surface area contributed by atoms with Crippen LogP contribution in [-0.4, -0.2) is 36.6 Å². The lowest BCUT2D eigenvalue weighted by Gasteiger charge is -2.22. The predicted molar refractivity (Wildman–Crippen MR) is 74.8 cm³/mol. The molecule has 0 N–H and O–H groups in total. The summed E-state index contributed by atoms with van der Waals surface area (Å²) in [6, 6.07) is 9.42. The van der Waals surface area contributed by atoms with Crippen molar-refractivity contribution in [2.24, 2.45) is 0 Å². The van der Waals surface area contributed by atoms with E-state index in [2.05, 4.69) is 4.98 Å². The Morgan fingerprint density at radius 3 is 2.79 bits per heavy atom. The lowest BCUT2D eigenvalue weighted by molar-refractivity contribution is -0.148. The van der Waals surface area contributed by atoms with Crippen LogP contribution in [0.3, 0.4) is 0 Å². The molecule has 1 aromatic carbocycles. The molecule has 0 radical (unpaired) electrons. The summed E-state index contributed by atoms with van der Waals surface area (Å²) < 4.78 is 5.12. The third-order valence-electron chi connectivity index (χ3n) is 2.95. The predicted octanol–water partition coefficient (Wildman–Crippen LogP) is 2.40. The smallest absolute Gasteiger partial charge is 0.328 e. The van der Waals surface area contributed by atoms with E-state index in [1.165, 1.54) is 0 Å². The van der Waals surface area contributed by atoms with Gasteiger partial charge in [0.1, 0.15) is 6.04 Å². The Labute approximate surface area is 113 Å². The van der Waals surface area contributed by atoms with Gasteiger partial charge in [-0.15, -0.1) is 0 Å². The van der Waals surface area contributed by atoms with Crippen LogP contribution in [0.15, 0.2) is 36.5 Å². The van der Waals surface area contributed by atoms with Gasteiger partial charge in [-0.25, -0.2) is 4.79 Å². The van der Waals surface area contributed by atoms with Crippen LogP contribution in [0, 0.1) is 0 Å². The van der Waals surface area contributed by atoms with Crippen LogP contribution in [0.5, 0.6) is 0 Å². The van der Waals surface area contributed by atoms with Crippen LogP contribution in [-0.2, 0) is 9.53 Å². The molecule has 0 unspecified atom stereocenters. The number of carbonyl (C=O) groups excluding carboxylic acids is 1. The number of hydrogen-bond acceptors (Lipinski definition) is 4. The van der Waals surface area contributed by atoms with Gasteiger partial charge >= 0.3 is 5.97 Å². The highest BCUT2D eigenvalue weighted by Crippen LogP contribution is 2.22. The van der Waals surface area contributed by atoms with Gasteiger partial charge in [-0.2, -0.15) is 0 Å². The Hall–Kier alpha value is -1.94. The van der Waals surface area contributed by atoms with E-state index in [0.717, 1.165) is 16.5 Å². The lowest BCUT2D eigenvalue weighted by Crippen LogP contribution is -2.29. The molecule has 4 nitrogen and oxygen atoms in total. The first-order chi connectivity index (χ1) is 9.13. The topological polar surface area (TPSA) is 42.4 Å². The third-order valence-corrected chi connectivity index (χ3v) is 2.95. The summed E-state index contributed by atoms with van der Waals surface area (Å²) in [6.45, 7) is 2.19. The Morgan fingerprint density at radius 2 is 2.11 bits per heavy atom. The number of carbonyl (C=O) groups is 1. The second-order valence-electron chi connectivity index (χ2n) is 4.58. The van der Waals surface area contributed by atoms with Gasteiger partial charge in [-0.1, -0.05) is 18.2 Å². The number of para-hydroxylation sites is 1. The number of fused-ring (bicyclic) bond motifs is 1. The van der Waals surface area contributed by atoms with Crippen LogP contribution in [0.2, 0.25) is 0 Å². The second-order valence-corrected chi connectivity index (χ2v) is 4.58. The fraction of sp³-hybridized carbons (Fsp3) is 0.333. The maximum absolute atomic E-state index is 12.0. The minimum absolute atomic E-state index is 0.246. The van der Waals surface area contributed by atoms with Crippen molar-refractivity contribution >= 4 is 16.9 Å². The number of likely N-dealkylation sites (N-methyl/N-ethyl adjacent to an activating group) is 1. The first kappa shape index (κ1) is 13.5. The average Bonchev–Trinajstić information content (AvgIpc) is 2.38. The highest BCUT2D eigenvalue weighted by molar-refractivity contribution is 5.82. The molecule has 1 heterocycles. The van der Waals surface area contributed by atoms with Gasteiger partial charge in [0, 0.05) is 11.6 Å². The molecule has 100 valence electrons. The number of pyridine rings is 1. The van der Waals surface area contributed by atoms with Gasteiger partial charge < -0.3 is 4.74 Å². The molecule has 0 aliphatic rings. The summed E-state index contributed by atoms with van der Waals surface area (Å²) in [5.41, 5.74) is 1.77. The number of hydrogen-bond donors (Lipinski definition) is 0. The van der Waals surface area contributed by atoms with Crippen molar-refractivity contribution in [2.45, 2.75) is 13.0 Å². The van der Waals surface area contributed by atoms with E-state index in [9.17, 15) is 4.79 Å². The standard InChI is InChI=1S/C15H18N2O2/c1-4-19-15(18)14(17(2)3)12-9-11-7-5-6-8-13(11)16-10-12/h5-10,14H,4H2,1-3H3/t14-/m0/s1. The molecule has 1 aromatic heterocycles. The van der Waals surface area contributed by atoms with E-state index in [-0.39, 0.29) is 5.97 Å². The van der Waals surface area contributed by atoms with E-state index in [0.29, 0.717) is 6.61 Å². The van der Waals surface area contributed by atoms with Crippen molar-refractivity contribution in [3.63, 3.8) is 0 Å². The molecule has 0 fully saturated rings. The van der Waals surface area contributed by atoms with Gasteiger partial charge in [0.2, 0.25) is 0 Å². The molecule has 0 saturated carbocycles. The Kier molecular flexibility index (Phi) is 4.12. The molecule has 19 heavy (non-hydrogen) atoms. The summed E-state index contributed by atoms with van der Waals surface area (Å²) in [5, 5.41) is 1.02. The van der Waals surface area contributed by atoms with E-state index in [1.54, 1.807) is 6.20 Å². The van der Waals surface area contributed by atoms with Gasteiger partial charge in [0.15, 0.2) is 0 Å². The van der Waals surface area contributed by atoms with Crippen molar-refractivity contribution in [1.82, 2.24) is 9.88 Å². The largest absolute Gasteiger partial charge is 0.465 e. The number of esters is 1. The van der Waals surface area contributed by atoms with E-state index >= 15 is 0 Å². The fourth-order valence-corrected chi connectivity index (χ4v) is 2.10. The zero-order chi connectivity index (χ0) is 13.8. The van der Waals surface area contributed by atoms with Crippen LogP contribution >= 0.6 is 0 Å². The monoisotopic (exact) mass is 258 g/mol. The molecule has 0 saturated heterocycles. The first-order valence-electron chi connectivity index (χ1n) is 6.31. The van der Waals surface area contributed by atoms with Crippen LogP contribution in [0.1, 0.15) is 18.5 Å². The number of ether oxygens (including phenoxy) is 1. The van der Waals surface area contributed by atoms with Crippen molar-refractivity contribution in [1.29, 1.82) is 0 Å². The maximum Gasteiger partial charge on any atom is 0.328 e. The molecule has 2 aromatic rings. The maximum atomic E-state index is 12.0. The molecule has 4 heteroatoms. The quantitative estimate of drug-likeness (QED) is 0.790. The molecule has 0 bridgehead atoms. The summed E-state index contributed by atoms with van der Waals surface area (Å²) in [5.74, 6) is -0.246. The van der Waals surface area contributed by atoms with Gasteiger partial charge in [0.25, 0.3) is 0 Å². The molecular formula is C15H18N2O2. The summed E-state index contributed by atoms with van der Waals surface area (Å²) in [4.78, 5) is 18.3. The van der Waals surface area contributed by atoms with Crippen LogP contribution in [0.25, 0.3) is 10.9 Å². The molecule has 0 amide bonds. The number of rotatable bonds is 4. The highest BCUT2D eigenvalue weighted by atomic mass is 16.5. The van der Waals surface area contributed by atoms with Gasteiger partial charge in [-0.3, -0.25) is 9.88 Å². The van der Waals surface area contributed by atoms with E-state index < -0.39 is 6.04 Å². The summed E-state index contributed by atoms with van der Waals surface area (Å²) >= 11 is 0. The molecule has 0 aliphatic carbocycles. The molecular weight excluding hydrogens is 240 g/mol. The van der Waals surface area contributed by atoms with E-state index in [1.807, 2.05) is 56.3 Å². The lowest BCUT2D eigenvalue weighted by atomic mass is 10.1. The van der Waals surface area contributed by atoms with Crippen LogP contribution < -0.4 is 0 Å². The fourth-order valence-electron chi connectivity index (χ4n) is 2.10. The first-order valence-corrected chi connectivity index (χ1v) is 6.31. The zero-order valence-electron chi connectivity index (χ0n) is 11.5. The summed E-state index contributed by atoms with van der Waals surface area (Å²) in [6.07, 6.45) is 1.74. The number of benzene rings is 1. The van der Waals surface area contributed by atoms with Crippen molar-refractivity contribution < 1.29 is 9.53 Å². The zero-order valence-corrected chi connectivity index (χ0v) is 11.5. The molecule has 2 rings (SSSR count). The minimum Gasteiger partial charge on any atom is -0.465 e. The SMILES string of the molecule is CCOC(=O)[C@H](c1cnc2ccccc2c1)N(C)C.